The summed E-state index contributed by atoms with van der Waals surface area (Å²) < 4.78 is 5.22. The van der Waals surface area contributed by atoms with Gasteiger partial charge in [0.05, 0.1) is 0 Å². The molecule has 0 saturated heterocycles. The Morgan fingerprint density at radius 3 is 3.07 bits per heavy atom. The van der Waals surface area contributed by atoms with E-state index >= 15 is 0 Å². The van der Waals surface area contributed by atoms with Crippen molar-refractivity contribution in [2.24, 2.45) is 0 Å². The fourth-order valence-electron chi connectivity index (χ4n) is 1.41. The molecule has 74 valence electrons. The smallest absolute Gasteiger partial charge is 0.181 e. The van der Waals surface area contributed by atoms with Gasteiger partial charge in [0.1, 0.15) is 16.3 Å². The molecule has 2 N–H and O–H groups in total. The van der Waals surface area contributed by atoms with Crippen LogP contribution in [0.1, 0.15) is 0 Å². The average Bonchev–Trinajstić information content (AvgIpc) is 2.84. The Labute approximate surface area is 89.4 Å². The summed E-state index contributed by atoms with van der Waals surface area (Å²) in [7, 11) is 0. The molecule has 0 unspecified atom stereocenters. The first-order valence-electron chi connectivity index (χ1n) is 4.37. The van der Waals surface area contributed by atoms with Gasteiger partial charge >= 0.3 is 0 Å². The number of fused-ring (bicyclic) bond motifs is 1. The third-order valence-corrected chi connectivity index (χ3v) is 3.01. The minimum absolute atomic E-state index is 0.549. The van der Waals surface area contributed by atoms with Crippen LogP contribution >= 0.6 is 11.3 Å². The molecule has 0 aliphatic carbocycles. The van der Waals surface area contributed by atoms with E-state index in [-0.39, 0.29) is 0 Å². The van der Waals surface area contributed by atoms with Gasteiger partial charge in [-0.05, 0) is 18.2 Å². The number of hydrogen-bond donors (Lipinski definition) is 1. The molecule has 3 rings (SSSR count). The maximum Gasteiger partial charge on any atom is 0.181 e. The van der Waals surface area contributed by atoms with E-state index < -0.39 is 0 Å². The van der Waals surface area contributed by atoms with Gasteiger partial charge in [0.2, 0.25) is 0 Å². The lowest BCUT2D eigenvalue weighted by atomic mass is 10.2. The first-order valence-corrected chi connectivity index (χ1v) is 5.25. The minimum atomic E-state index is 0.549. The number of thiazole rings is 1. The van der Waals surface area contributed by atoms with E-state index in [0.29, 0.717) is 5.82 Å². The highest BCUT2D eigenvalue weighted by molar-refractivity contribution is 7.13. The van der Waals surface area contributed by atoms with Gasteiger partial charge in [-0.25, -0.2) is 9.97 Å². The molecule has 3 aromatic rings. The van der Waals surface area contributed by atoms with Crippen LogP contribution in [0.3, 0.4) is 0 Å². The van der Waals surface area contributed by atoms with Crippen molar-refractivity contribution in [3.63, 3.8) is 0 Å². The zero-order valence-corrected chi connectivity index (χ0v) is 8.49. The van der Waals surface area contributed by atoms with E-state index in [1.165, 1.54) is 17.7 Å². The lowest BCUT2D eigenvalue weighted by Gasteiger charge is -1.94. The highest BCUT2D eigenvalue weighted by Crippen LogP contribution is 2.27. The third-order valence-electron chi connectivity index (χ3n) is 2.10. The van der Waals surface area contributed by atoms with Gasteiger partial charge in [0.25, 0.3) is 0 Å². The number of anilines is 1. The molecule has 5 heteroatoms. The van der Waals surface area contributed by atoms with Crippen molar-refractivity contribution in [1.82, 2.24) is 9.97 Å². The summed E-state index contributed by atoms with van der Waals surface area (Å²) >= 11 is 1.52. The van der Waals surface area contributed by atoms with Gasteiger partial charge < -0.3 is 10.2 Å². The molecular weight excluding hydrogens is 210 g/mol. The van der Waals surface area contributed by atoms with Gasteiger partial charge in [-0.15, -0.1) is 11.3 Å². The number of oxazole rings is 1. The average molecular weight is 217 g/mol. The first-order chi connectivity index (χ1) is 7.33. The fraction of sp³-hybridized carbons (Fsp3) is 0. The summed E-state index contributed by atoms with van der Waals surface area (Å²) in [6.45, 7) is 0. The standard InChI is InChI=1S/C10H7N3OS/c11-9-4-15-10(13-9)6-1-2-7-8(3-6)14-5-12-7/h1-5H,11H2. The topological polar surface area (TPSA) is 64.9 Å². The molecule has 0 aliphatic heterocycles. The molecule has 0 aliphatic rings. The Kier molecular flexibility index (Phi) is 1.72. The SMILES string of the molecule is Nc1csc(-c2ccc3ncoc3c2)n1. The number of benzene rings is 1. The lowest BCUT2D eigenvalue weighted by molar-refractivity contribution is 0.602. The molecule has 2 heterocycles. The molecule has 0 amide bonds. The Hall–Kier alpha value is -1.88. The largest absolute Gasteiger partial charge is 0.443 e. The monoisotopic (exact) mass is 217 g/mol. The molecule has 4 nitrogen and oxygen atoms in total. The molecule has 0 fully saturated rings. The van der Waals surface area contributed by atoms with Crippen LogP contribution in [-0.2, 0) is 0 Å². The second kappa shape index (κ2) is 3.06. The molecule has 0 atom stereocenters. The van der Waals surface area contributed by atoms with E-state index in [0.717, 1.165) is 21.7 Å². The predicted molar refractivity (Wildman–Crippen MR) is 59.5 cm³/mol. The molecule has 15 heavy (non-hydrogen) atoms. The predicted octanol–water partition coefficient (Wildman–Crippen LogP) is 2.53. The van der Waals surface area contributed by atoms with Crippen LogP contribution < -0.4 is 5.73 Å². The van der Waals surface area contributed by atoms with Gasteiger partial charge in [-0.1, -0.05) is 0 Å². The summed E-state index contributed by atoms with van der Waals surface area (Å²) in [5.41, 5.74) is 8.19. The van der Waals surface area contributed by atoms with Gasteiger partial charge in [-0.2, -0.15) is 0 Å². The van der Waals surface area contributed by atoms with Gasteiger partial charge in [-0.3, -0.25) is 0 Å². The van der Waals surface area contributed by atoms with Crippen molar-refractivity contribution < 1.29 is 4.42 Å². The molecule has 0 radical (unpaired) electrons. The summed E-state index contributed by atoms with van der Waals surface area (Å²) in [6.07, 6.45) is 1.44. The van der Waals surface area contributed by atoms with E-state index in [2.05, 4.69) is 9.97 Å². The number of nitrogen functional groups attached to an aromatic ring is 1. The van der Waals surface area contributed by atoms with Crippen molar-refractivity contribution in [1.29, 1.82) is 0 Å². The molecule has 0 bridgehead atoms. The van der Waals surface area contributed by atoms with Crippen LogP contribution in [0, 0.1) is 0 Å². The van der Waals surface area contributed by atoms with Gasteiger partial charge in [0.15, 0.2) is 12.0 Å². The Morgan fingerprint density at radius 2 is 2.27 bits per heavy atom. The summed E-state index contributed by atoms with van der Waals surface area (Å²) in [5.74, 6) is 0.549. The molecule has 0 saturated carbocycles. The fourth-order valence-corrected chi connectivity index (χ4v) is 2.11. The van der Waals surface area contributed by atoms with E-state index in [1.807, 2.05) is 23.6 Å². The highest BCUT2D eigenvalue weighted by atomic mass is 32.1. The second-order valence-corrected chi connectivity index (χ2v) is 3.97. The van der Waals surface area contributed by atoms with Crippen LogP contribution in [0.2, 0.25) is 0 Å². The first kappa shape index (κ1) is 8.43. The molecular formula is C10H7N3OS. The van der Waals surface area contributed by atoms with Crippen LogP contribution in [0.15, 0.2) is 34.4 Å². The number of rotatable bonds is 1. The van der Waals surface area contributed by atoms with Crippen LogP contribution in [0.25, 0.3) is 21.7 Å². The number of hydrogen-bond acceptors (Lipinski definition) is 5. The summed E-state index contributed by atoms with van der Waals surface area (Å²) in [5, 5.41) is 2.71. The number of nitrogens with two attached hydrogens (primary N) is 1. The van der Waals surface area contributed by atoms with Crippen molar-refractivity contribution >= 4 is 28.3 Å². The maximum atomic E-state index is 5.57. The highest BCUT2D eigenvalue weighted by Gasteiger charge is 2.05. The minimum Gasteiger partial charge on any atom is -0.443 e. The van der Waals surface area contributed by atoms with Crippen molar-refractivity contribution in [3.05, 3.63) is 30.0 Å². The third kappa shape index (κ3) is 1.37. The van der Waals surface area contributed by atoms with E-state index in [9.17, 15) is 0 Å². The molecule has 1 aromatic carbocycles. The maximum absolute atomic E-state index is 5.57. The lowest BCUT2D eigenvalue weighted by Crippen LogP contribution is -1.83. The molecule has 0 spiro atoms. The van der Waals surface area contributed by atoms with E-state index in [4.69, 9.17) is 10.2 Å². The number of aromatic nitrogens is 2. The summed E-state index contributed by atoms with van der Waals surface area (Å²) in [6, 6.07) is 5.79. The van der Waals surface area contributed by atoms with E-state index in [1.54, 1.807) is 0 Å². The Morgan fingerprint density at radius 1 is 1.33 bits per heavy atom. The van der Waals surface area contributed by atoms with Crippen LogP contribution in [-0.4, -0.2) is 9.97 Å². The molecule has 2 aromatic heterocycles. The zero-order chi connectivity index (χ0) is 10.3. The second-order valence-electron chi connectivity index (χ2n) is 3.11. The van der Waals surface area contributed by atoms with Crippen LogP contribution in [0.5, 0.6) is 0 Å². The van der Waals surface area contributed by atoms with Crippen molar-refractivity contribution in [3.8, 4) is 10.6 Å². The zero-order valence-electron chi connectivity index (χ0n) is 7.68. The summed E-state index contributed by atoms with van der Waals surface area (Å²) in [4.78, 5) is 8.26. The Bertz CT molecular complexity index is 614. The Balaban J connectivity index is 2.18. The van der Waals surface area contributed by atoms with Crippen molar-refractivity contribution in [2.45, 2.75) is 0 Å². The van der Waals surface area contributed by atoms with Crippen LogP contribution in [0.4, 0.5) is 5.82 Å². The normalized spacial score (nSPS) is 10.9. The quantitative estimate of drug-likeness (QED) is 0.680. The van der Waals surface area contributed by atoms with Crippen molar-refractivity contribution in [2.75, 3.05) is 5.73 Å². The van der Waals surface area contributed by atoms with Gasteiger partial charge in [0, 0.05) is 10.9 Å². The number of nitrogens with zero attached hydrogens (tertiary/aromatic N) is 2.